The first kappa shape index (κ1) is 14.8. The number of imidazole rings is 1. The van der Waals surface area contributed by atoms with Crippen LogP contribution < -0.4 is 0 Å². The molecule has 0 N–H and O–H groups in total. The summed E-state index contributed by atoms with van der Waals surface area (Å²) in [6.07, 6.45) is 2.49. The van der Waals surface area contributed by atoms with Crippen LogP contribution in [0.15, 0.2) is 22.7 Å². The molecule has 0 radical (unpaired) electrons. The molecule has 0 bridgehead atoms. The lowest BCUT2D eigenvalue weighted by Crippen LogP contribution is -2.04. The van der Waals surface area contributed by atoms with Crippen LogP contribution in [0, 0.1) is 9.39 Å². The van der Waals surface area contributed by atoms with E-state index < -0.39 is 0 Å². The molecule has 2 heterocycles. The molecule has 0 aliphatic heterocycles. The van der Waals surface area contributed by atoms with Gasteiger partial charge in [-0.25, -0.2) is 14.4 Å². The van der Waals surface area contributed by atoms with Crippen LogP contribution >= 0.6 is 34.2 Å². The Morgan fingerprint density at radius 1 is 1.43 bits per heavy atom. The predicted molar refractivity (Wildman–Crippen MR) is 86.9 cm³/mol. The van der Waals surface area contributed by atoms with Crippen molar-refractivity contribution < 1.29 is 8.81 Å². The fourth-order valence-electron chi connectivity index (χ4n) is 2.17. The van der Waals surface area contributed by atoms with Gasteiger partial charge in [0.2, 0.25) is 5.89 Å². The molecule has 0 unspecified atom stereocenters. The molecule has 1 aromatic carbocycles. The molecule has 21 heavy (non-hydrogen) atoms. The number of nitrogens with zero attached hydrogens (tertiary/aromatic N) is 3. The molecule has 0 atom stereocenters. The van der Waals surface area contributed by atoms with Crippen LogP contribution in [0.25, 0.3) is 11.0 Å². The van der Waals surface area contributed by atoms with Gasteiger partial charge < -0.3 is 8.98 Å². The number of halogens is 3. The van der Waals surface area contributed by atoms with E-state index in [0.717, 1.165) is 17.7 Å². The Hall–Kier alpha value is -1.15. The molecule has 0 fully saturated rings. The summed E-state index contributed by atoms with van der Waals surface area (Å²) in [5.74, 6) is 2.03. The van der Waals surface area contributed by atoms with Crippen LogP contribution in [0.1, 0.15) is 24.4 Å². The van der Waals surface area contributed by atoms with Crippen molar-refractivity contribution in [2.24, 2.45) is 0 Å². The Labute approximate surface area is 139 Å². The monoisotopic (exact) mass is 419 g/mol. The van der Waals surface area contributed by atoms with E-state index in [1.807, 2.05) is 34.1 Å². The zero-order valence-electron chi connectivity index (χ0n) is 11.2. The molecule has 0 aliphatic carbocycles. The van der Waals surface area contributed by atoms with Crippen molar-refractivity contribution in [1.29, 1.82) is 0 Å². The Kier molecular flexibility index (Phi) is 4.17. The van der Waals surface area contributed by atoms with E-state index >= 15 is 0 Å². The van der Waals surface area contributed by atoms with E-state index in [-0.39, 0.29) is 11.7 Å². The van der Waals surface area contributed by atoms with Crippen molar-refractivity contribution in [3.8, 4) is 0 Å². The summed E-state index contributed by atoms with van der Waals surface area (Å²) < 4.78 is 21.8. The molecule has 3 aromatic rings. The van der Waals surface area contributed by atoms with Gasteiger partial charge in [-0.3, -0.25) is 0 Å². The number of fused-ring (bicyclic) bond motifs is 1. The fraction of sp³-hybridized carbons (Fsp3) is 0.286. The average Bonchev–Trinajstić information content (AvgIpc) is 3.05. The normalized spacial score (nSPS) is 11.4. The van der Waals surface area contributed by atoms with Crippen LogP contribution in [0.5, 0.6) is 0 Å². The Morgan fingerprint density at radius 2 is 2.24 bits per heavy atom. The number of hydrogen-bond acceptors (Lipinski definition) is 3. The van der Waals surface area contributed by atoms with Crippen molar-refractivity contribution >= 4 is 45.2 Å². The maximum Gasteiger partial charge on any atom is 0.214 e. The molecule has 110 valence electrons. The van der Waals surface area contributed by atoms with Gasteiger partial charge in [0.25, 0.3) is 0 Å². The zero-order chi connectivity index (χ0) is 15.0. The number of oxazole rings is 1. The van der Waals surface area contributed by atoms with E-state index in [9.17, 15) is 4.39 Å². The summed E-state index contributed by atoms with van der Waals surface area (Å²) in [6, 6.07) is 3.19. The molecular weight excluding hydrogens is 408 g/mol. The van der Waals surface area contributed by atoms with Gasteiger partial charge in [-0.05, 0) is 28.7 Å². The van der Waals surface area contributed by atoms with Crippen LogP contribution in [0.3, 0.4) is 0 Å². The van der Waals surface area contributed by atoms with Gasteiger partial charge in [0.15, 0.2) is 0 Å². The second-order valence-corrected chi connectivity index (χ2v) is 6.01. The van der Waals surface area contributed by atoms with Gasteiger partial charge >= 0.3 is 0 Å². The molecule has 0 aliphatic rings. The Balaban J connectivity index is 2.09. The number of aromatic nitrogens is 3. The standard InChI is InChI=1S/C14H12ClFIN3O/c1-2-8-6-18-14(21-8)7-20-12-3-9(16)10(17)4-11(12)19-13(20)5-15/h3-4,6H,2,5,7H2,1H3. The number of aryl methyl sites for hydroxylation is 1. The third-order valence-corrected chi connectivity index (χ3v) is 4.30. The smallest absolute Gasteiger partial charge is 0.214 e. The van der Waals surface area contributed by atoms with E-state index in [4.69, 9.17) is 16.0 Å². The molecule has 4 nitrogen and oxygen atoms in total. The Bertz CT molecular complexity index is 799. The van der Waals surface area contributed by atoms with Crippen LogP contribution in [0.2, 0.25) is 0 Å². The highest BCUT2D eigenvalue weighted by Gasteiger charge is 2.15. The first-order valence-corrected chi connectivity index (χ1v) is 8.07. The van der Waals surface area contributed by atoms with Crippen LogP contribution in [-0.4, -0.2) is 14.5 Å². The minimum absolute atomic E-state index is 0.244. The fourth-order valence-corrected chi connectivity index (χ4v) is 2.82. The number of alkyl halides is 1. The van der Waals surface area contributed by atoms with Gasteiger partial charge in [-0.15, -0.1) is 11.6 Å². The van der Waals surface area contributed by atoms with Crippen LogP contribution in [-0.2, 0) is 18.8 Å². The van der Waals surface area contributed by atoms with E-state index in [0.29, 0.717) is 27.3 Å². The van der Waals surface area contributed by atoms with Gasteiger partial charge in [-0.1, -0.05) is 6.92 Å². The highest BCUT2D eigenvalue weighted by atomic mass is 127. The van der Waals surface area contributed by atoms with Gasteiger partial charge in [0, 0.05) is 12.5 Å². The van der Waals surface area contributed by atoms with Crippen molar-refractivity contribution in [1.82, 2.24) is 14.5 Å². The third kappa shape index (κ3) is 2.78. The van der Waals surface area contributed by atoms with Crippen molar-refractivity contribution in [2.75, 3.05) is 0 Å². The summed E-state index contributed by atoms with van der Waals surface area (Å²) in [5.41, 5.74) is 1.42. The molecular formula is C14H12ClFIN3O. The summed E-state index contributed by atoms with van der Waals surface area (Å²) in [5, 5.41) is 0. The molecule has 7 heteroatoms. The molecule has 0 spiro atoms. The average molecular weight is 420 g/mol. The lowest BCUT2D eigenvalue weighted by molar-refractivity contribution is 0.446. The first-order valence-electron chi connectivity index (χ1n) is 6.46. The minimum Gasteiger partial charge on any atom is -0.444 e. The number of hydrogen-bond donors (Lipinski definition) is 0. The molecule has 0 saturated heterocycles. The quantitative estimate of drug-likeness (QED) is 0.472. The minimum atomic E-state index is -0.271. The van der Waals surface area contributed by atoms with Crippen molar-refractivity contribution in [3.63, 3.8) is 0 Å². The summed E-state index contributed by atoms with van der Waals surface area (Å²) in [4.78, 5) is 8.68. The third-order valence-electron chi connectivity index (χ3n) is 3.23. The van der Waals surface area contributed by atoms with Crippen LogP contribution in [0.4, 0.5) is 4.39 Å². The molecule has 0 amide bonds. The van der Waals surface area contributed by atoms with E-state index in [1.54, 1.807) is 12.3 Å². The second kappa shape index (κ2) is 5.92. The summed E-state index contributed by atoms with van der Waals surface area (Å²) in [6.45, 7) is 2.39. The molecule has 3 rings (SSSR count). The lowest BCUT2D eigenvalue weighted by Gasteiger charge is -2.05. The van der Waals surface area contributed by atoms with E-state index in [2.05, 4.69) is 9.97 Å². The molecule has 0 saturated carbocycles. The van der Waals surface area contributed by atoms with Crippen molar-refractivity contribution in [2.45, 2.75) is 25.8 Å². The highest BCUT2D eigenvalue weighted by Crippen LogP contribution is 2.23. The SMILES string of the molecule is CCc1cnc(Cn2c(CCl)nc3cc(I)c(F)cc32)o1. The highest BCUT2D eigenvalue weighted by molar-refractivity contribution is 14.1. The van der Waals surface area contributed by atoms with Crippen molar-refractivity contribution in [3.05, 3.63) is 45.2 Å². The maximum absolute atomic E-state index is 13.8. The summed E-state index contributed by atoms with van der Waals surface area (Å²) >= 11 is 7.90. The topological polar surface area (TPSA) is 43.9 Å². The maximum atomic E-state index is 13.8. The number of rotatable bonds is 4. The predicted octanol–water partition coefficient (Wildman–Crippen LogP) is 4.12. The Morgan fingerprint density at radius 3 is 2.90 bits per heavy atom. The van der Waals surface area contributed by atoms with E-state index in [1.165, 1.54) is 6.07 Å². The van der Waals surface area contributed by atoms with Gasteiger partial charge in [0.1, 0.15) is 23.9 Å². The largest absolute Gasteiger partial charge is 0.444 e. The summed E-state index contributed by atoms with van der Waals surface area (Å²) in [7, 11) is 0. The lowest BCUT2D eigenvalue weighted by atomic mass is 10.3. The second-order valence-electron chi connectivity index (χ2n) is 4.58. The first-order chi connectivity index (χ1) is 10.1. The van der Waals surface area contributed by atoms with Gasteiger partial charge in [0.05, 0.1) is 26.7 Å². The number of benzene rings is 1. The molecule has 2 aromatic heterocycles. The zero-order valence-corrected chi connectivity index (χ0v) is 14.2. The van der Waals surface area contributed by atoms with Gasteiger partial charge in [-0.2, -0.15) is 0 Å².